The van der Waals surface area contributed by atoms with Crippen molar-refractivity contribution in [3.8, 4) is 44.5 Å². The maximum absolute atomic E-state index is 2.49. The third kappa shape index (κ3) is 6.46. The summed E-state index contributed by atoms with van der Waals surface area (Å²) in [5.74, 6) is 3.33. The van der Waals surface area contributed by atoms with E-state index in [1.54, 1.807) is 5.56 Å². The van der Waals surface area contributed by atoms with Crippen LogP contribution in [0, 0.1) is 11.8 Å². The van der Waals surface area contributed by atoms with Crippen molar-refractivity contribution in [2.45, 2.75) is 88.9 Å². The highest BCUT2D eigenvalue weighted by molar-refractivity contribution is 5.94. The molecule has 11 rings (SSSR count). The lowest BCUT2D eigenvalue weighted by Gasteiger charge is -2.29. The number of hydrogen-bond acceptors (Lipinski definition) is 1. The summed E-state index contributed by atoms with van der Waals surface area (Å²) in [5.41, 5.74) is 19.6. The SMILES string of the molecule is CC1(C)c2cc(N(c3ccc(-c4ccc(C5CC6CCC5C6)cc4)cc3)c3ccc(C4CCCCC4)cc3)ccc2-c2cccc(-c3ccccc3-c3ccccc3)c21. The fraction of sp³-hybridized carbons (Fsp3) is 0.276. The maximum atomic E-state index is 2.49. The average molecular weight is 766 g/mol. The number of nitrogens with zero attached hydrogens (tertiary/aromatic N) is 1. The summed E-state index contributed by atoms with van der Waals surface area (Å²) >= 11 is 0. The molecule has 3 saturated carbocycles. The minimum Gasteiger partial charge on any atom is -0.310 e. The predicted octanol–water partition coefficient (Wildman–Crippen LogP) is 16.4. The lowest BCUT2D eigenvalue weighted by molar-refractivity contribution is 0.420. The number of benzene rings is 7. The molecule has 3 unspecified atom stereocenters. The molecule has 0 amide bonds. The second-order valence-corrected chi connectivity index (χ2v) is 18.7. The van der Waals surface area contributed by atoms with Crippen molar-refractivity contribution in [1.82, 2.24) is 0 Å². The molecule has 0 saturated heterocycles. The number of hydrogen-bond donors (Lipinski definition) is 0. The van der Waals surface area contributed by atoms with Gasteiger partial charge in [-0.3, -0.25) is 0 Å². The highest BCUT2D eigenvalue weighted by atomic mass is 15.1. The van der Waals surface area contributed by atoms with Crippen LogP contribution in [0.2, 0.25) is 0 Å². The van der Waals surface area contributed by atoms with E-state index >= 15 is 0 Å². The lowest BCUT2D eigenvalue weighted by atomic mass is 9.78. The Labute approximate surface area is 351 Å². The van der Waals surface area contributed by atoms with Crippen LogP contribution in [0.4, 0.5) is 17.1 Å². The van der Waals surface area contributed by atoms with Gasteiger partial charge in [0, 0.05) is 22.5 Å². The van der Waals surface area contributed by atoms with E-state index in [1.165, 1.54) is 136 Å². The van der Waals surface area contributed by atoms with E-state index in [4.69, 9.17) is 0 Å². The molecule has 7 aromatic carbocycles. The van der Waals surface area contributed by atoms with Crippen molar-refractivity contribution >= 4 is 17.1 Å². The van der Waals surface area contributed by atoms with Gasteiger partial charge in [-0.2, -0.15) is 0 Å². The number of rotatable bonds is 8. The Morgan fingerprint density at radius 2 is 1.03 bits per heavy atom. The second-order valence-electron chi connectivity index (χ2n) is 18.7. The minimum atomic E-state index is -0.203. The van der Waals surface area contributed by atoms with Gasteiger partial charge in [-0.25, -0.2) is 0 Å². The molecule has 1 heteroatoms. The van der Waals surface area contributed by atoms with E-state index < -0.39 is 0 Å². The largest absolute Gasteiger partial charge is 0.310 e. The maximum Gasteiger partial charge on any atom is 0.0465 e. The number of anilines is 3. The molecular weight excluding hydrogens is 711 g/mol. The van der Waals surface area contributed by atoms with Crippen LogP contribution in [0.1, 0.15) is 106 Å². The predicted molar refractivity (Wildman–Crippen MR) is 249 cm³/mol. The van der Waals surface area contributed by atoms with Gasteiger partial charge in [0.05, 0.1) is 0 Å². The molecule has 0 radical (unpaired) electrons. The van der Waals surface area contributed by atoms with Crippen LogP contribution in [0.5, 0.6) is 0 Å². The van der Waals surface area contributed by atoms with Gasteiger partial charge < -0.3 is 4.90 Å². The van der Waals surface area contributed by atoms with Crippen molar-refractivity contribution in [3.05, 3.63) is 186 Å². The first-order valence-corrected chi connectivity index (χ1v) is 22.5. The summed E-state index contributed by atoms with van der Waals surface area (Å²) in [6.07, 6.45) is 12.4. The van der Waals surface area contributed by atoms with E-state index in [0.717, 1.165) is 17.8 Å². The zero-order valence-electron chi connectivity index (χ0n) is 34.7. The zero-order chi connectivity index (χ0) is 39.5. The van der Waals surface area contributed by atoms with Crippen LogP contribution < -0.4 is 4.90 Å². The first-order chi connectivity index (χ1) is 29.0. The first-order valence-electron chi connectivity index (χ1n) is 22.5. The first kappa shape index (κ1) is 36.4. The molecule has 4 aliphatic rings. The molecule has 0 heterocycles. The highest BCUT2D eigenvalue weighted by Gasteiger charge is 2.40. The van der Waals surface area contributed by atoms with Crippen molar-refractivity contribution in [1.29, 1.82) is 0 Å². The van der Waals surface area contributed by atoms with Crippen molar-refractivity contribution in [2.75, 3.05) is 4.90 Å². The van der Waals surface area contributed by atoms with E-state index in [-0.39, 0.29) is 5.41 Å². The molecule has 0 spiro atoms. The van der Waals surface area contributed by atoms with Crippen LogP contribution in [0.3, 0.4) is 0 Å². The molecular formula is C58H55N. The van der Waals surface area contributed by atoms with Gasteiger partial charge in [-0.05, 0) is 159 Å². The minimum absolute atomic E-state index is 0.203. The fourth-order valence-corrected chi connectivity index (χ4v) is 12.0. The smallest absolute Gasteiger partial charge is 0.0465 e. The normalized spacial score (nSPS) is 20.3. The molecule has 3 fully saturated rings. The third-order valence-corrected chi connectivity index (χ3v) is 15.0. The van der Waals surface area contributed by atoms with Crippen LogP contribution in [-0.2, 0) is 5.41 Å². The summed E-state index contributed by atoms with van der Waals surface area (Å²) in [6, 6.07) is 62.4. The monoisotopic (exact) mass is 765 g/mol. The van der Waals surface area contributed by atoms with Crippen LogP contribution in [-0.4, -0.2) is 0 Å². The van der Waals surface area contributed by atoms with E-state index in [1.807, 2.05) is 0 Å². The van der Waals surface area contributed by atoms with Gasteiger partial charge in [0.15, 0.2) is 0 Å². The van der Waals surface area contributed by atoms with Gasteiger partial charge in [0.25, 0.3) is 0 Å². The van der Waals surface area contributed by atoms with E-state index in [2.05, 4.69) is 183 Å². The van der Waals surface area contributed by atoms with E-state index in [9.17, 15) is 0 Å². The molecule has 59 heavy (non-hydrogen) atoms. The quantitative estimate of drug-likeness (QED) is 0.149. The van der Waals surface area contributed by atoms with Crippen LogP contribution in [0.25, 0.3) is 44.5 Å². The Morgan fingerprint density at radius 1 is 0.441 bits per heavy atom. The van der Waals surface area contributed by atoms with Gasteiger partial charge in [0.2, 0.25) is 0 Å². The topological polar surface area (TPSA) is 3.24 Å². The average Bonchev–Trinajstić information content (AvgIpc) is 4.00. The highest BCUT2D eigenvalue weighted by Crippen LogP contribution is 2.55. The molecule has 7 aromatic rings. The summed E-state index contributed by atoms with van der Waals surface area (Å²) in [6.45, 7) is 4.85. The van der Waals surface area contributed by atoms with Crippen molar-refractivity contribution < 1.29 is 0 Å². The summed E-state index contributed by atoms with van der Waals surface area (Å²) in [7, 11) is 0. The third-order valence-electron chi connectivity index (χ3n) is 15.0. The van der Waals surface area contributed by atoms with Gasteiger partial charge >= 0.3 is 0 Å². The van der Waals surface area contributed by atoms with Crippen LogP contribution >= 0.6 is 0 Å². The van der Waals surface area contributed by atoms with Crippen LogP contribution in [0.15, 0.2) is 164 Å². The Bertz CT molecular complexity index is 2610. The molecule has 292 valence electrons. The number of fused-ring (bicyclic) bond motifs is 5. The lowest BCUT2D eigenvalue weighted by Crippen LogP contribution is -2.17. The van der Waals surface area contributed by atoms with Crippen molar-refractivity contribution in [3.63, 3.8) is 0 Å². The molecule has 0 N–H and O–H groups in total. The molecule has 4 aliphatic carbocycles. The fourth-order valence-electron chi connectivity index (χ4n) is 12.0. The molecule has 0 aliphatic heterocycles. The van der Waals surface area contributed by atoms with Gasteiger partial charge in [-0.15, -0.1) is 0 Å². The van der Waals surface area contributed by atoms with Crippen molar-refractivity contribution in [2.24, 2.45) is 11.8 Å². The second kappa shape index (κ2) is 14.9. The molecule has 0 aromatic heterocycles. The standard InChI is InChI=1S/C58H55N/c1-58(2)56-38-49(34-35-52(56)54-19-11-18-53(57(54)58)51-17-10-9-16-50(51)44-14-7-4-8-15-44)59(47-30-26-42(27-31-47)40-12-5-3-6-13-40)48-32-28-43(29-33-48)41-22-24-45(25-23-41)55-37-39-20-21-46(55)36-39/h4,7-11,14-19,22-35,38-40,46,55H,3,5-6,12-13,20-21,36-37H2,1-2H3. The van der Waals surface area contributed by atoms with Gasteiger partial charge in [0.1, 0.15) is 0 Å². The Balaban J connectivity index is 0.963. The van der Waals surface area contributed by atoms with Gasteiger partial charge in [-0.1, -0.05) is 167 Å². The summed E-state index contributed by atoms with van der Waals surface area (Å²) in [4.78, 5) is 2.48. The summed E-state index contributed by atoms with van der Waals surface area (Å²) < 4.78 is 0. The molecule has 1 nitrogen and oxygen atoms in total. The summed E-state index contributed by atoms with van der Waals surface area (Å²) in [5, 5.41) is 0. The Morgan fingerprint density at radius 3 is 1.71 bits per heavy atom. The molecule has 3 atom stereocenters. The van der Waals surface area contributed by atoms with E-state index in [0.29, 0.717) is 5.92 Å². The Kier molecular flexibility index (Phi) is 9.18. The Hall–Kier alpha value is -5.66. The molecule has 2 bridgehead atoms. The zero-order valence-corrected chi connectivity index (χ0v) is 34.7.